The molecule has 0 radical (unpaired) electrons. The van der Waals surface area contributed by atoms with Crippen molar-refractivity contribution >= 4 is 21.7 Å². The average Bonchev–Trinajstić information content (AvgIpc) is 2.40. The smallest absolute Gasteiger partial charge is 0.144 e. The number of anilines is 1. The number of rotatable bonds is 7. The van der Waals surface area contributed by atoms with Gasteiger partial charge in [0.25, 0.3) is 0 Å². The number of likely N-dealkylation sites (N-methyl/N-ethyl adjacent to an activating group) is 1. The molecule has 0 unspecified atom stereocenters. The Labute approximate surface area is 125 Å². The van der Waals surface area contributed by atoms with E-state index >= 15 is 0 Å². The highest BCUT2D eigenvalue weighted by molar-refractivity contribution is 9.10. The first kappa shape index (κ1) is 16.4. The monoisotopic (exact) mass is 328 g/mol. The van der Waals surface area contributed by atoms with Crippen molar-refractivity contribution < 1.29 is 0 Å². The van der Waals surface area contributed by atoms with Gasteiger partial charge >= 0.3 is 0 Å². The maximum atomic E-state index is 4.70. The average molecular weight is 329 g/mol. The molecule has 1 aromatic heterocycles. The highest BCUT2D eigenvalue weighted by atomic mass is 79.9. The second-order valence-corrected chi connectivity index (χ2v) is 5.66. The van der Waals surface area contributed by atoms with E-state index in [0.29, 0.717) is 5.92 Å². The van der Waals surface area contributed by atoms with E-state index in [2.05, 4.69) is 58.8 Å². The van der Waals surface area contributed by atoms with Crippen molar-refractivity contribution in [3.05, 3.63) is 16.0 Å². The molecule has 0 aliphatic carbocycles. The highest BCUT2D eigenvalue weighted by Gasteiger charge is 2.14. The Balaban J connectivity index is 2.92. The fourth-order valence-corrected chi connectivity index (χ4v) is 2.80. The predicted molar refractivity (Wildman–Crippen MR) is 84.9 cm³/mol. The van der Waals surface area contributed by atoms with Crippen molar-refractivity contribution in [2.45, 2.75) is 40.0 Å². The molecule has 4 nitrogen and oxygen atoms in total. The fraction of sp³-hybridized carbons (Fsp3) is 0.714. The Morgan fingerprint density at radius 2 is 1.84 bits per heavy atom. The normalized spacial score (nSPS) is 11.4. The molecule has 1 N–H and O–H groups in total. The van der Waals surface area contributed by atoms with Crippen LogP contribution in [-0.4, -0.2) is 41.5 Å². The minimum atomic E-state index is 0.386. The summed E-state index contributed by atoms with van der Waals surface area (Å²) in [6.45, 7) is 11.8. The summed E-state index contributed by atoms with van der Waals surface area (Å²) in [5.74, 6) is 2.19. The standard InChI is InChI=1S/C14H25BrN4/c1-6-19(7-2)9-8-11-17-13(10(3)4)12(15)14(16-5)18-11/h10H,6-9H2,1-5H3,(H,16,17,18). The predicted octanol–water partition coefficient (Wildman–Crippen LogP) is 3.29. The van der Waals surface area contributed by atoms with E-state index < -0.39 is 0 Å². The Morgan fingerprint density at radius 1 is 1.21 bits per heavy atom. The zero-order valence-electron chi connectivity index (χ0n) is 12.6. The molecule has 0 aliphatic heterocycles. The van der Waals surface area contributed by atoms with Gasteiger partial charge in [-0.05, 0) is 34.9 Å². The highest BCUT2D eigenvalue weighted by Crippen LogP contribution is 2.28. The van der Waals surface area contributed by atoms with Crippen molar-refractivity contribution in [2.24, 2.45) is 0 Å². The first-order chi connectivity index (χ1) is 9.03. The lowest BCUT2D eigenvalue weighted by atomic mass is 10.1. The van der Waals surface area contributed by atoms with Crippen molar-refractivity contribution in [3.8, 4) is 0 Å². The summed E-state index contributed by atoms with van der Waals surface area (Å²) in [5, 5.41) is 3.13. The maximum Gasteiger partial charge on any atom is 0.144 e. The topological polar surface area (TPSA) is 41.1 Å². The quantitative estimate of drug-likeness (QED) is 0.833. The van der Waals surface area contributed by atoms with E-state index in [1.165, 1.54) is 0 Å². The maximum absolute atomic E-state index is 4.70. The van der Waals surface area contributed by atoms with Crippen molar-refractivity contribution in [1.82, 2.24) is 14.9 Å². The lowest BCUT2D eigenvalue weighted by Crippen LogP contribution is -2.26. The second kappa shape index (κ2) is 7.80. The van der Waals surface area contributed by atoms with Crippen molar-refractivity contribution in [2.75, 3.05) is 32.0 Å². The summed E-state index contributed by atoms with van der Waals surface area (Å²) in [6, 6.07) is 0. The van der Waals surface area contributed by atoms with E-state index in [-0.39, 0.29) is 0 Å². The first-order valence-corrected chi connectivity index (χ1v) is 7.79. The lowest BCUT2D eigenvalue weighted by molar-refractivity contribution is 0.305. The summed E-state index contributed by atoms with van der Waals surface area (Å²) in [5.41, 5.74) is 1.08. The van der Waals surface area contributed by atoms with E-state index in [0.717, 1.165) is 47.9 Å². The number of hydrogen-bond donors (Lipinski definition) is 1. The molecule has 1 aromatic rings. The van der Waals surface area contributed by atoms with Crippen LogP contribution in [-0.2, 0) is 6.42 Å². The molecule has 0 amide bonds. The largest absolute Gasteiger partial charge is 0.372 e. The van der Waals surface area contributed by atoms with Gasteiger partial charge in [-0.1, -0.05) is 27.7 Å². The molecular weight excluding hydrogens is 304 g/mol. The fourth-order valence-electron chi connectivity index (χ4n) is 1.97. The molecule has 0 aromatic carbocycles. The molecule has 1 rings (SSSR count). The molecule has 0 fully saturated rings. The third-order valence-electron chi connectivity index (χ3n) is 3.25. The van der Waals surface area contributed by atoms with Crippen LogP contribution < -0.4 is 5.32 Å². The van der Waals surface area contributed by atoms with Gasteiger partial charge in [0.05, 0.1) is 10.2 Å². The third kappa shape index (κ3) is 4.42. The van der Waals surface area contributed by atoms with Gasteiger partial charge in [0, 0.05) is 20.0 Å². The van der Waals surface area contributed by atoms with Crippen LogP contribution in [0.5, 0.6) is 0 Å². The molecule has 1 heterocycles. The van der Waals surface area contributed by atoms with Crippen LogP contribution in [0.15, 0.2) is 4.47 Å². The van der Waals surface area contributed by atoms with Gasteiger partial charge in [0.1, 0.15) is 11.6 Å². The molecular formula is C14H25BrN4. The molecule has 0 saturated carbocycles. The molecule has 0 bridgehead atoms. The van der Waals surface area contributed by atoms with E-state index in [9.17, 15) is 0 Å². The second-order valence-electron chi connectivity index (χ2n) is 4.87. The summed E-state index contributed by atoms with van der Waals surface area (Å²) in [7, 11) is 1.89. The van der Waals surface area contributed by atoms with Gasteiger partial charge in [-0.2, -0.15) is 0 Å². The number of aromatic nitrogens is 2. The van der Waals surface area contributed by atoms with Crippen LogP contribution in [0, 0.1) is 0 Å². The van der Waals surface area contributed by atoms with Crippen LogP contribution in [0.3, 0.4) is 0 Å². The number of nitrogens with zero attached hydrogens (tertiary/aromatic N) is 3. The Kier molecular flexibility index (Phi) is 6.72. The molecule has 0 spiro atoms. The van der Waals surface area contributed by atoms with Gasteiger partial charge < -0.3 is 10.2 Å². The summed E-state index contributed by atoms with van der Waals surface area (Å²) < 4.78 is 0.983. The Bertz CT molecular complexity index is 403. The minimum absolute atomic E-state index is 0.386. The van der Waals surface area contributed by atoms with E-state index in [4.69, 9.17) is 4.98 Å². The molecule has 108 valence electrons. The van der Waals surface area contributed by atoms with Gasteiger partial charge in [0.2, 0.25) is 0 Å². The number of halogens is 1. The van der Waals surface area contributed by atoms with Gasteiger partial charge in [0.15, 0.2) is 0 Å². The van der Waals surface area contributed by atoms with Crippen molar-refractivity contribution in [1.29, 1.82) is 0 Å². The van der Waals surface area contributed by atoms with Gasteiger partial charge in [-0.15, -0.1) is 0 Å². The van der Waals surface area contributed by atoms with Gasteiger partial charge in [-0.3, -0.25) is 0 Å². The Morgan fingerprint density at radius 3 is 2.32 bits per heavy atom. The molecule has 0 atom stereocenters. The first-order valence-electron chi connectivity index (χ1n) is 6.99. The SMILES string of the molecule is CCN(CC)CCc1nc(NC)c(Br)c(C(C)C)n1. The van der Waals surface area contributed by atoms with Crippen LogP contribution in [0.4, 0.5) is 5.82 Å². The molecule has 19 heavy (non-hydrogen) atoms. The molecule has 5 heteroatoms. The Hall–Kier alpha value is -0.680. The zero-order chi connectivity index (χ0) is 14.4. The number of hydrogen-bond acceptors (Lipinski definition) is 4. The van der Waals surface area contributed by atoms with Crippen LogP contribution >= 0.6 is 15.9 Å². The van der Waals surface area contributed by atoms with E-state index in [1.54, 1.807) is 0 Å². The van der Waals surface area contributed by atoms with E-state index in [1.807, 2.05) is 7.05 Å². The third-order valence-corrected chi connectivity index (χ3v) is 4.03. The molecule has 0 saturated heterocycles. The summed E-state index contributed by atoms with van der Waals surface area (Å²) in [6.07, 6.45) is 0.892. The van der Waals surface area contributed by atoms with Gasteiger partial charge in [-0.25, -0.2) is 9.97 Å². The zero-order valence-corrected chi connectivity index (χ0v) is 14.2. The van der Waals surface area contributed by atoms with Crippen LogP contribution in [0.2, 0.25) is 0 Å². The number of nitrogens with one attached hydrogen (secondary N) is 1. The summed E-state index contributed by atoms with van der Waals surface area (Å²) in [4.78, 5) is 11.7. The minimum Gasteiger partial charge on any atom is -0.372 e. The van der Waals surface area contributed by atoms with Crippen LogP contribution in [0.1, 0.15) is 45.1 Å². The van der Waals surface area contributed by atoms with Crippen LogP contribution in [0.25, 0.3) is 0 Å². The molecule has 0 aliphatic rings. The van der Waals surface area contributed by atoms with Crippen molar-refractivity contribution in [3.63, 3.8) is 0 Å². The lowest BCUT2D eigenvalue weighted by Gasteiger charge is -2.18. The summed E-state index contributed by atoms with van der Waals surface area (Å²) >= 11 is 3.59.